The minimum atomic E-state index is 0.250. The van der Waals surface area contributed by atoms with Gasteiger partial charge in [0.1, 0.15) is 0 Å². The molecule has 2 saturated heterocycles. The Morgan fingerprint density at radius 1 is 1.31 bits per heavy atom. The first-order valence-electron chi connectivity index (χ1n) is 6.37. The van der Waals surface area contributed by atoms with Crippen LogP contribution >= 0.6 is 0 Å². The van der Waals surface area contributed by atoms with Crippen molar-refractivity contribution in [3.8, 4) is 0 Å². The van der Waals surface area contributed by atoms with Crippen molar-refractivity contribution in [3.05, 3.63) is 0 Å². The Morgan fingerprint density at radius 2 is 2.00 bits per heavy atom. The molecule has 2 N–H and O–H groups in total. The zero-order valence-corrected chi connectivity index (χ0v) is 10.6. The van der Waals surface area contributed by atoms with Crippen LogP contribution in [0.1, 0.15) is 19.3 Å². The fraction of sp³-hybridized carbons (Fsp3) is 1.00. The fourth-order valence-corrected chi connectivity index (χ4v) is 3.04. The summed E-state index contributed by atoms with van der Waals surface area (Å²) in [5, 5.41) is 0. The second-order valence-electron chi connectivity index (χ2n) is 5.32. The van der Waals surface area contributed by atoms with Gasteiger partial charge in [-0.3, -0.25) is 4.90 Å². The molecule has 0 aromatic carbocycles. The van der Waals surface area contributed by atoms with Gasteiger partial charge in [0.25, 0.3) is 0 Å². The van der Waals surface area contributed by atoms with Gasteiger partial charge in [-0.2, -0.15) is 0 Å². The van der Waals surface area contributed by atoms with Crippen LogP contribution in [0.25, 0.3) is 0 Å². The average molecular weight is 227 g/mol. The largest absolute Gasteiger partial charge is 0.380 e. The minimum absolute atomic E-state index is 0.250. The highest BCUT2D eigenvalue weighted by Gasteiger charge is 2.41. The summed E-state index contributed by atoms with van der Waals surface area (Å²) in [7, 11) is 4.01. The topological polar surface area (TPSA) is 41.7 Å². The summed E-state index contributed by atoms with van der Waals surface area (Å²) in [5.41, 5.74) is 6.30. The second kappa shape index (κ2) is 5.00. The molecule has 1 unspecified atom stereocenters. The summed E-state index contributed by atoms with van der Waals surface area (Å²) in [6.07, 6.45) is 3.99. The third kappa shape index (κ3) is 2.25. The van der Waals surface area contributed by atoms with Crippen LogP contribution in [-0.4, -0.2) is 68.3 Å². The van der Waals surface area contributed by atoms with E-state index in [1.807, 2.05) is 7.11 Å². The Labute approximate surface area is 98.7 Å². The highest BCUT2D eigenvalue weighted by atomic mass is 16.5. The number of hydrogen-bond acceptors (Lipinski definition) is 4. The van der Waals surface area contributed by atoms with Crippen LogP contribution in [0.5, 0.6) is 0 Å². The molecule has 0 aromatic heterocycles. The Bertz CT molecular complexity index is 226. The minimum Gasteiger partial charge on any atom is -0.380 e. The van der Waals surface area contributed by atoms with E-state index in [9.17, 15) is 0 Å². The number of likely N-dealkylation sites (tertiary alicyclic amines) is 2. The Balaban J connectivity index is 1.99. The molecule has 0 radical (unpaired) electrons. The molecular formula is C12H25N3O. The molecule has 4 nitrogen and oxygen atoms in total. The van der Waals surface area contributed by atoms with Gasteiger partial charge >= 0.3 is 0 Å². The molecule has 0 spiro atoms. The SMILES string of the molecule is COC1CCN(C2(CN)CCN(C)CC2)C1. The van der Waals surface area contributed by atoms with E-state index in [1.54, 1.807) is 0 Å². The zero-order chi connectivity index (χ0) is 11.6. The fourth-order valence-electron chi connectivity index (χ4n) is 3.04. The van der Waals surface area contributed by atoms with E-state index in [-0.39, 0.29) is 5.54 Å². The summed E-state index contributed by atoms with van der Waals surface area (Å²) >= 11 is 0. The lowest BCUT2D eigenvalue weighted by Crippen LogP contribution is -2.58. The van der Waals surface area contributed by atoms with Gasteiger partial charge in [0.2, 0.25) is 0 Å². The van der Waals surface area contributed by atoms with Crippen LogP contribution in [0.4, 0.5) is 0 Å². The molecule has 0 aromatic rings. The van der Waals surface area contributed by atoms with E-state index in [0.29, 0.717) is 6.10 Å². The summed E-state index contributed by atoms with van der Waals surface area (Å²) in [6.45, 7) is 5.35. The number of rotatable bonds is 3. The zero-order valence-electron chi connectivity index (χ0n) is 10.6. The van der Waals surface area contributed by atoms with Crippen molar-refractivity contribution >= 4 is 0 Å². The number of nitrogens with two attached hydrogens (primary N) is 1. The molecule has 4 heteroatoms. The molecular weight excluding hydrogens is 202 g/mol. The van der Waals surface area contributed by atoms with Gasteiger partial charge in [-0.25, -0.2) is 0 Å². The van der Waals surface area contributed by atoms with Gasteiger partial charge in [-0.05, 0) is 39.4 Å². The second-order valence-corrected chi connectivity index (χ2v) is 5.32. The molecule has 0 saturated carbocycles. The van der Waals surface area contributed by atoms with Crippen LogP contribution in [0, 0.1) is 0 Å². The lowest BCUT2D eigenvalue weighted by atomic mass is 9.86. The van der Waals surface area contributed by atoms with E-state index in [2.05, 4.69) is 16.8 Å². The highest BCUT2D eigenvalue weighted by Crippen LogP contribution is 2.31. The third-order valence-corrected chi connectivity index (χ3v) is 4.45. The summed E-state index contributed by atoms with van der Waals surface area (Å²) in [6, 6.07) is 0. The van der Waals surface area contributed by atoms with Crippen LogP contribution in [0.2, 0.25) is 0 Å². The van der Waals surface area contributed by atoms with Gasteiger partial charge < -0.3 is 15.4 Å². The van der Waals surface area contributed by atoms with Gasteiger partial charge in [-0.1, -0.05) is 0 Å². The first-order valence-corrected chi connectivity index (χ1v) is 6.37. The van der Waals surface area contributed by atoms with Gasteiger partial charge in [0, 0.05) is 32.3 Å². The Hall–Kier alpha value is -0.160. The van der Waals surface area contributed by atoms with Crippen molar-refractivity contribution in [1.82, 2.24) is 9.80 Å². The summed E-state index contributed by atoms with van der Waals surface area (Å²) in [5.74, 6) is 0. The van der Waals surface area contributed by atoms with Crippen LogP contribution < -0.4 is 5.73 Å². The third-order valence-electron chi connectivity index (χ3n) is 4.45. The van der Waals surface area contributed by atoms with E-state index in [4.69, 9.17) is 10.5 Å². The van der Waals surface area contributed by atoms with Crippen LogP contribution in [0.15, 0.2) is 0 Å². The predicted octanol–water partition coefficient (Wildman–Crippen LogP) is 0.130. The predicted molar refractivity (Wildman–Crippen MR) is 65.5 cm³/mol. The quantitative estimate of drug-likeness (QED) is 0.744. The van der Waals surface area contributed by atoms with Crippen molar-refractivity contribution in [3.63, 3.8) is 0 Å². The van der Waals surface area contributed by atoms with Gasteiger partial charge in [0.05, 0.1) is 6.10 Å². The molecule has 94 valence electrons. The van der Waals surface area contributed by atoms with Crippen molar-refractivity contribution in [2.45, 2.75) is 30.9 Å². The molecule has 0 amide bonds. The maximum Gasteiger partial charge on any atom is 0.0710 e. The summed E-state index contributed by atoms with van der Waals surface area (Å²) in [4.78, 5) is 4.98. The Morgan fingerprint density at radius 3 is 2.50 bits per heavy atom. The molecule has 2 rings (SSSR count). The first-order chi connectivity index (χ1) is 7.70. The van der Waals surface area contributed by atoms with Gasteiger partial charge in [-0.15, -0.1) is 0 Å². The van der Waals surface area contributed by atoms with Crippen LogP contribution in [0.3, 0.4) is 0 Å². The highest BCUT2D eigenvalue weighted by molar-refractivity contribution is 4.98. The smallest absolute Gasteiger partial charge is 0.0710 e. The molecule has 0 aliphatic carbocycles. The number of hydrogen-bond donors (Lipinski definition) is 1. The van der Waals surface area contributed by atoms with Crippen LogP contribution in [-0.2, 0) is 4.74 Å². The van der Waals surface area contributed by atoms with E-state index >= 15 is 0 Å². The standard InChI is InChI=1S/C12H25N3O/c1-14-7-4-12(10-13,5-8-14)15-6-3-11(9-15)16-2/h11H,3-10,13H2,1-2H3. The summed E-state index contributed by atoms with van der Waals surface area (Å²) < 4.78 is 5.45. The number of methoxy groups -OCH3 is 1. The lowest BCUT2D eigenvalue weighted by molar-refractivity contribution is 0.0337. The Kier molecular flexibility index (Phi) is 3.85. The number of ether oxygens (including phenoxy) is 1. The number of nitrogens with zero attached hydrogens (tertiary/aromatic N) is 2. The van der Waals surface area contributed by atoms with Gasteiger partial charge in [0.15, 0.2) is 0 Å². The molecule has 1 atom stereocenters. The van der Waals surface area contributed by atoms with E-state index in [0.717, 1.165) is 26.1 Å². The van der Waals surface area contributed by atoms with E-state index < -0.39 is 0 Å². The van der Waals surface area contributed by atoms with E-state index in [1.165, 1.54) is 25.9 Å². The average Bonchev–Trinajstić information content (AvgIpc) is 2.80. The molecule has 2 aliphatic heterocycles. The van der Waals surface area contributed by atoms with Crippen molar-refractivity contribution in [2.24, 2.45) is 5.73 Å². The van der Waals surface area contributed by atoms with Crippen molar-refractivity contribution in [2.75, 3.05) is 46.9 Å². The maximum absolute atomic E-state index is 6.05. The molecule has 2 heterocycles. The first kappa shape index (κ1) is 12.3. The molecule has 16 heavy (non-hydrogen) atoms. The maximum atomic E-state index is 6.05. The molecule has 0 bridgehead atoms. The normalized spacial score (nSPS) is 32.1. The lowest BCUT2D eigenvalue weighted by Gasteiger charge is -2.46. The number of piperidine rings is 1. The monoisotopic (exact) mass is 227 g/mol. The van der Waals surface area contributed by atoms with Crippen molar-refractivity contribution in [1.29, 1.82) is 0 Å². The molecule has 2 fully saturated rings. The van der Waals surface area contributed by atoms with Crippen molar-refractivity contribution < 1.29 is 4.74 Å². The molecule has 2 aliphatic rings.